The number of piperazine rings is 1. The Labute approximate surface area is 202 Å². The van der Waals surface area contributed by atoms with Crippen molar-refractivity contribution in [1.82, 2.24) is 9.21 Å². The zero-order valence-electron chi connectivity index (χ0n) is 18.8. The van der Waals surface area contributed by atoms with Crippen LogP contribution in [0.1, 0.15) is 15.9 Å². The van der Waals surface area contributed by atoms with Crippen molar-refractivity contribution >= 4 is 16.3 Å². The van der Waals surface area contributed by atoms with Crippen molar-refractivity contribution in [1.29, 1.82) is 0 Å². The van der Waals surface area contributed by atoms with E-state index in [1.54, 1.807) is 30.2 Å². The van der Waals surface area contributed by atoms with Crippen molar-refractivity contribution in [2.75, 3.05) is 33.3 Å². The standard InChI is InChI=1S/C25H23F3N2O4S/c1-34-22-9-3-6-19(16-22)18-5-2-7-20(15-18)24(31)29-11-13-30(14-12-29)35(32,33)23-10-4-8-21(17-23)25(26,27)28/h2-10,15-17H,11-14H2,1H3. The van der Waals surface area contributed by atoms with Gasteiger partial charge < -0.3 is 14.2 Å². The number of carbonyl (C=O) groups excluding carboxylic acids is 1. The van der Waals surface area contributed by atoms with E-state index >= 15 is 0 Å². The Morgan fingerprint density at radius 1 is 0.914 bits per heavy atom. The number of amides is 1. The van der Waals surface area contributed by atoms with E-state index in [9.17, 15) is 26.7 Å². The van der Waals surface area contributed by atoms with Crippen LogP contribution < -0.4 is 4.74 Å². The Morgan fingerprint density at radius 3 is 2.20 bits per heavy atom. The second-order valence-corrected chi connectivity index (χ2v) is 9.97. The first kappa shape index (κ1) is 24.9. The Morgan fingerprint density at radius 2 is 1.54 bits per heavy atom. The molecule has 3 aromatic carbocycles. The third-order valence-corrected chi connectivity index (χ3v) is 7.73. The van der Waals surface area contributed by atoms with Gasteiger partial charge in [-0.2, -0.15) is 13.2 Å². The number of halogens is 3. The molecule has 1 amide bonds. The van der Waals surface area contributed by atoms with Gasteiger partial charge in [0.15, 0.2) is 15.3 Å². The number of methoxy groups -OCH3 is 1. The number of nitrogens with zero attached hydrogens (tertiary/aromatic N) is 2. The highest BCUT2D eigenvalue weighted by Crippen LogP contribution is 2.33. The van der Waals surface area contributed by atoms with Crippen LogP contribution >= 0.6 is 0 Å². The fourth-order valence-electron chi connectivity index (χ4n) is 3.93. The smallest absolute Gasteiger partial charge is 0.416 e. The second-order valence-electron chi connectivity index (χ2n) is 8.03. The van der Waals surface area contributed by atoms with E-state index in [1.165, 1.54) is 0 Å². The molecule has 4 rings (SSSR count). The first-order chi connectivity index (χ1) is 16.6. The minimum absolute atomic E-state index is 0.0140. The fourth-order valence-corrected chi connectivity index (χ4v) is 5.40. The van der Waals surface area contributed by atoms with Crippen LogP contribution in [0.3, 0.4) is 0 Å². The molecule has 1 aliphatic rings. The van der Waals surface area contributed by atoms with E-state index in [2.05, 4.69) is 0 Å². The Kier molecular flexibility index (Phi) is 6.98. The SMILES string of the molecule is COc1cccc(-c2cccc(C(=O)N3CCN([S+](=O)([O-])c4cccc(C(F)(F)F)c4)CC3)c2)c1. The van der Waals surface area contributed by atoms with Crippen molar-refractivity contribution in [3.63, 3.8) is 0 Å². The molecule has 0 N–H and O–H groups in total. The van der Waals surface area contributed by atoms with Crippen molar-refractivity contribution in [3.8, 4) is 16.9 Å². The van der Waals surface area contributed by atoms with Crippen LogP contribution in [-0.4, -0.2) is 53.0 Å². The molecule has 35 heavy (non-hydrogen) atoms. The molecule has 1 saturated heterocycles. The third kappa shape index (κ3) is 5.39. The molecule has 1 atom stereocenters. The minimum atomic E-state index is -4.64. The molecule has 1 fully saturated rings. The molecule has 1 unspecified atom stereocenters. The lowest BCUT2D eigenvalue weighted by Gasteiger charge is -2.35. The second kappa shape index (κ2) is 9.80. The molecular formula is C25H23F3N2O4S. The quantitative estimate of drug-likeness (QED) is 0.471. The number of ether oxygens (including phenoxy) is 1. The predicted molar refractivity (Wildman–Crippen MR) is 124 cm³/mol. The number of hydrogen-bond donors (Lipinski definition) is 0. The number of carbonyl (C=O) groups is 1. The molecule has 1 aliphatic heterocycles. The molecule has 0 aliphatic carbocycles. The van der Waals surface area contributed by atoms with Gasteiger partial charge >= 0.3 is 6.18 Å². The van der Waals surface area contributed by atoms with Gasteiger partial charge in [0, 0.05) is 24.7 Å². The van der Waals surface area contributed by atoms with Crippen LogP contribution in [0.15, 0.2) is 77.7 Å². The van der Waals surface area contributed by atoms with E-state index in [1.807, 2.05) is 30.3 Å². The van der Waals surface area contributed by atoms with Crippen LogP contribution in [0, 0.1) is 0 Å². The molecule has 0 radical (unpaired) electrons. The zero-order valence-corrected chi connectivity index (χ0v) is 19.6. The van der Waals surface area contributed by atoms with Crippen molar-refractivity contribution in [2.24, 2.45) is 0 Å². The topological polar surface area (TPSA) is 72.9 Å². The van der Waals surface area contributed by atoms with E-state index in [4.69, 9.17) is 4.74 Å². The summed E-state index contributed by atoms with van der Waals surface area (Å²) in [5.41, 5.74) is 1.15. The van der Waals surface area contributed by atoms with Gasteiger partial charge in [0.25, 0.3) is 5.91 Å². The summed E-state index contributed by atoms with van der Waals surface area (Å²) in [5.74, 6) is 0.447. The summed E-state index contributed by atoms with van der Waals surface area (Å²) >= 11 is 0. The van der Waals surface area contributed by atoms with E-state index in [-0.39, 0.29) is 32.1 Å². The van der Waals surface area contributed by atoms with Crippen LogP contribution in [0.2, 0.25) is 0 Å². The summed E-state index contributed by atoms with van der Waals surface area (Å²) in [6, 6.07) is 18.2. The van der Waals surface area contributed by atoms with Crippen LogP contribution in [-0.2, 0) is 20.8 Å². The maximum atomic E-state index is 13.1. The fraction of sp³-hybridized carbons (Fsp3) is 0.240. The van der Waals surface area contributed by atoms with Gasteiger partial charge in [-0.15, -0.1) is 4.31 Å². The summed E-state index contributed by atoms with van der Waals surface area (Å²) in [5, 5.41) is 0. The van der Waals surface area contributed by atoms with Crippen LogP contribution in [0.4, 0.5) is 13.2 Å². The van der Waals surface area contributed by atoms with Gasteiger partial charge in [0.05, 0.1) is 25.8 Å². The average molecular weight is 505 g/mol. The third-order valence-electron chi connectivity index (χ3n) is 5.84. The summed E-state index contributed by atoms with van der Waals surface area (Å²) in [6.07, 6.45) is -4.64. The Hall–Kier alpha value is -3.21. The molecule has 0 spiro atoms. The molecule has 184 valence electrons. The Bertz CT molecular complexity index is 1270. The number of hydrogen-bond acceptors (Lipinski definition) is 4. The lowest BCUT2D eigenvalue weighted by molar-refractivity contribution is -0.137. The van der Waals surface area contributed by atoms with Gasteiger partial charge in [0.2, 0.25) is 0 Å². The normalized spacial score (nSPS) is 16.5. The van der Waals surface area contributed by atoms with Crippen molar-refractivity contribution in [2.45, 2.75) is 11.1 Å². The van der Waals surface area contributed by atoms with Gasteiger partial charge in [0.1, 0.15) is 5.75 Å². The molecule has 10 heteroatoms. The number of benzene rings is 3. The van der Waals surface area contributed by atoms with E-state index in [0.29, 0.717) is 17.4 Å². The first-order valence-electron chi connectivity index (χ1n) is 10.8. The predicted octanol–water partition coefficient (Wildman–Crippen LogP) is 4.74. The van der Waals surface area contributed by atoms with Gasteiger partial charge in [-0.05, 0) is 47.5 Å². The maximum absolute atomic E-state index is 13.1. The lowest BCUT2D eigenvalue weighted by atomic mass is 10.0. The molecule has 6 nitrogen and oxygen atoms in total. The molecule has 1 heterocycles. The van der Waals surface area contributed by atoms with E-state index in [0.717, 1.165) is 33.6 Å². The van der Waals surface area contributed by atoms with Gasteiger partial charge in [-0.3, -0.25) is 4.79 Å². The highest BCUT2D eigenvalue weighted by molar-refractivity contribution is 7.95. The van der Waals surface area contributed by atoms with E-state index < -0.39 is 27.0 Å². The van der Waals surface area contributed by atoms with Crippen LogP contribution in [0.25, 0.3) is 11.1 Å². The molecular weight excluding hydrogens is 481 g/mol. The van der Waals surface area contributed by atoms with Gasteiger partial charge in [-0.1, -0.05) is 34.5 Å². The number of alkyl halides is 3. The highest BCUT2D eigenvalue weighted by atomic mass is 32.3. The lowest BCUT2D eigenvalue weighted by Crippen LogP contribution is -2.52. The van der Waals surface area contributed by atoms with Crippen LogP contribution in [0.5, 0.6) is 5.75 Å². The largest absolute Gasteiger partial charge is 0.593 e. The summed E-state index contributed by atoms with van der Waals surface area (Å²) in [6.45, 7) is 0.223. The molecule has 0 bridgehead atoms. The Balaban J connectivity index is 1.46. The maximum Gasteiger partial charge on any atom is 0.416 e. The summed E-state index contributed by atoms with van der Waals surface area (Å²) in [7, 11) is -2.55. The van der Waals surface area contributed by atoms with Crippen molar-refractivity contribution < 1.29 is 31.5 Å². The number of sulfonamides is 1. The van der Waals surface area contributed by atoms with Crippen molar-refractivity contribution in [3.05, 3.63) is 83.9 Å². The summed E-state index contributed by atoms with van der Waals surface area (Å²) in [4.78, 5) is 14.2. The highest BCUT2D eigenvalue weighted by Gasteiger charge is 2.37. The average Bonchev–Trinajstić information content (AvgIpc) is 2.88. The zero-order chi connectivity index (χ0) is 25.2. The molecule has 3 aromatic rings. The molecule has 0 aromatic heterocycles. The summed E-state index contributed by atoms with van der Waals surface area (Å²) < 4.78 is 71.2. The molecule has 0 saturated carbocycles. The first-order valence-corrected chi connectivity index (χ1v) is 12.2. The monoisotopic (exact) mass is 504 g/mol. The number of rotatable bonds is 5. The minimum Gasteiger partial charge on any atom is -0.593 e. The van der Waals surface area contributed by atoms with Gasteiger partial charge in [-0.25, -0.2) is 0 Å².